The number of benzene rings is 1. The van der Waals surface area contributed by atoms with Gasteiger partial charge in [0.1, 0.15) is 6.04 Å². The van der Waals surface area contributed by atoms with Crippen LogP contribution in [0.15, 0.2) is 18.2 Å². The third-order valence-electron chi connectivity index (χ3n) is 4.42. The van der Waals surface area contributed by atoms with Crippen molar-refractivity contribution in [2.24, 2.45) is 5.92 Å². The number of amides is 2. The molecule has 0 aromatic heterocycles. The Balaban J connectivity index is 1.60. The van der Waals surface area contributed by atoms with Gasteiger partial charge in [-0.25, -0.2) is 0 Å². The summed E-state index contributed by atoms with van der Waals surface area (Å²) < 4.78 is 10.6. The Morgan fingerprint density at radius 1 is 1.22 bits per heavy atom. The van der Waals surface area contributed by atoms with Crippen molar-refractivity contribution in [2.75, 3.05) is 6.79 Å². The van der Waals surface area contributed by atoms with Crippen molar-refractivity contribution in [3.05, 3.63) is 23.8 Å². The van der Waals surface area contributed by atoms with E-state index in [0.717, 1.165) is 37.0 Å². The van der Waals surface area contributed by atoms with Gasteiger partial charge in [-0.2, -0.15) is 0 Å². The Morgan fingerprint density at radius 3 is 2.70 bits per heavy atom. The third-order valence-corrected chi connectivity index (χ3v) is 4.42. The maximum absolute atomic E-state index is 12.5. The number of ether oxygens (including phenoxy) is 2. The van der Waals surface area contributed by atoms with Gasteiger partial charge in [-0.05, 0) is 36.5 Å². The van der Waals surface area contributed by atoms with Gasteiger partial charge in [-0.15, -0.1) is 0 Å². The largest absolute Gasteiger partial charge is 0.454 e. The van der Waals surface area contributed by atoms with E-state index in [2.05, 4.69) is 10.6 Å². The number of nitrogens with one attached hydrogen (secondary N) is 2. The maximum Gasteiger partial charge on any atom is 0.243 e. The highest BCUT2D eigenvalue weighted by Crippen LogP contribution is 2.32. The number of carbonyl (C=O) groups excluding carboxylic acids is 2. The summed E-state index contributed by atoms with van der Waals surface area (Å²) >= 11 is 0. The van der Waals surface area contributed by atoms with E-state index >= 15 is 0 Å². The van der Waals surface area contributed by atoms with Gasteiger partial charge in [0.25, 0.3) is 0 Å². The van der Waals surface area contributed by atoms with E-state index in [4.69, 9.17) is 9.47 Å². The Kier molecular flexibility index (Phi) is 4.69. The van der Waals surface area contributed by atoms with Crippen LogP contribution in [0.2, 0.25) is 0 Å². The van der Waals surface area contributed by atoms with Crippen molar-refractivity contribution in [1.29, 1.82) is 0 Å². The topological polar surface area (TPSA) is 76.7 Å². The smallest absolute Gasteiger partial charge is 0.243 e. The standard InChI is InChI=1S/C17H22N2O4/c1-11(20)19-16(13-4-2-3-5-13)17(21)18-9-12-6-7-14-15(8-12)23-10-22-14/h6-8,13,16H,2-5,9-10H2,1H3,(H,18,21)(H,19,20). The Hall–Kier alpha value is -2.24. The van der Waals surface area contributed by atoms with Gasteiger partial charge in [0.05, 0.1) is 0 Å². The van der Waals surface area contributed by atoms with Crippen molar-refractivity contribution in [3.8, 4) is 11.5 Å². The van der Waals surface area contributed by atoms with Crippen LogP contribution in [-0.2, 0) is 16.1 Å². The summed E-state index contributed by atoms with van der Waals surface area (Å²) in [5.74, 6) is 1.37. The van der Waals surface area contributed by atoms with Gasteiger partial charge in [0.2, 0.25) is 18.6 Å². The molecule has 124 valence electrons. The van der Waals surface area contributed by atoms with Gasteiger partial charge in [0, 0.05) is 13.5 Å². The van der Waals surface area contributed by atoms with Crippen molar-refractivity contribution < 1.29 is 19.1 Å². The number of hydrogen-bond acceptors (Lipinski definition) is 4. The summed E-state index contributed by atoms with van der Waals surface area (Å²) in [6.45, 7) is 2.09. The van der Waals surface area contributed by atoms with Crippen LogP contribution in [0, 0.1) is 5.92 Å². The first kappa shape index (κ1) is 15.6. The zero-order valence-corrected chi connectivity index (χ0v) is 13.3. The SMILES string of the molecule is CC(=O)NC(C(=O)NCc1ccc2c(c1)OCO2)C1CCCC1. The molecule has 1 fully saturated rings. The van der Waals surface area contributed by atoms with Crippen LogP contribution in [0.5, 0.6) is 11.5 Å². The first-order valence-corrected chi connectivity index (χ1v) is 8.07. The fourth-order valence-electron chi connectivity index (χ4n) is 3.26. The van der Waals surface area contributed by atoms with E-state index < -0.39 is 6.04 Å². The van der Waals surface area contributed by atoms with Crippen molar-refractivity contribution in [2.45, 2.75) is 45.2 Å². The second kappa shape index (κ2) is 6.89. The first-order chi connectivity index (χ1) is 11.1. The number of carbonyl (C=O) groups is 2. The van der Waals surface area contributed by atoms with E-state index in [9.17, 15) is 9.59 Å². The maximum atomic E-state index is 12.5. The molecule has 0 saturated heterocycles. The number of fused-ring (bicyclic) bond motifs is 1. The number of hydrogen-bond donors (Lipinski definition) is 2. The molecule has 1 atom stereocenters. The summed E-state index contributed by atoms with van der Waals surface area (Å²) in [4.78, 5) is 23.9. The molecule has 2 N–H and O–H groups in total. The minimum atomic E-state index is -0.441. The van der Waals surface area contributed by atoms with Crippen LogP contribution in [0.25, 0.3) is 0 Å². The van der Waals surface area contributed by atoms with Crippen LogP contribution in [0.3, 0.4) is 0 Å². The van der Waals surface area contributed by atoms with Gasteiger partial charge >= 0.3 is 0 Å². The highest BCUT2D eigenvalue weighted by atomic mass is 16.7. The fourth-order valence-corrected chi connectivity index (χ4v) is 3.26. The molecule has 2 amide bonds. The van der Waals surface area contributed by atoms with Crippen molar-refractivity contribution >= 4 is 11.8 Å². The molecule has 6 nitrogen and oxygen atoms in total. The van der Waals surface area contributed by atoms with Crippen molar-refractivity contribution in [3.63, 3.8) is 0 Å². The molecular weight excluding hydrogens is 296 g/mol. The average Bonchev–Trinajstić information content (AvgIpc) is 3.20. The normalized spacial score (nSPS) is 17.8. The summed E-state index contributed by atoms with van der Waals surface area (Å²) in [6, 6.07) is 5.16. The van der Waals surface area contributed by atoms with E-state index in [0.29, 0.717) is 12.3 Å². The second-order valence-electron chi connectivity index (χ2n) is 6.13. The molecule has 2 aliphatic rings. The van der Waals surface area contributed by atoms with Crippen molar-refractivity contribution in [1.82, 2.24) is 10.6 Å². The molecule has 1 aliphatic carbocycles. The monoisotopic (exact) mass is 318 g/mol. The third kappa shape index (κ3) is 3.75. The van der Waals surface area contributed by atoms with Gasteiger partial charge in [-0.1, -0.05) is 18.9 Å². The van der Waals surface area contributed by atoms with Crippen LogP contribution in [0.4, 0.5) is 0 Å². The predicted molar refractivity (Wildman–Crippen MR) is 84.0 cm³/mol. The molecule has 0 radical (unpaired) electrons. The lowest BCUT2D eigenvalue weighted by Crippen LogP contribution is -2.49. The molecule has 3 rings (SSSR count). The molecule has 1 saturated carbocycles. The molecule has 0 bridgehead atoms. The summed E-state index contributed by atoms with van der Waals surface area (Å²) in [5, 5.41) is 5.73. The highest BCUT2D eigenvalue weighted by molar-refractivity contribution is 5.87. The average molecular weight is 318 g/mol. The molecule has 1 aliphatic heterocycles. The van der Waals surface area contributed by atoms with E-state index in [1.807, 2.05) is 18.2 Å². The van der Waals surface area contributed by atoms with E-state index in [1.54, 1.807) is 0 Å². The second-order valence-corrected chi connectivity index (χ2v) is 6.13. The highest BCUT2D eigenvalue weighted by Gasteiger charge is 2.31. The lowest BCUT2D eigenvalue weighted by Gasteiger charge is -2.23. The van der Waals surface area contributed by atoms with Crippen LogP contribution < -0.4 is 20.1 Å². The zero-order chi connectivity index (χ0) is 16.2. The Labute approximate surface area is 135 Å². The van der Waals surface area contributed by atoms with Gasteiger partial charge in [-0.3, -0.25) is 9.59 Å². The molecule has 1 aromatic rings. The van der Waals surface area contributed by atoms with Gasteiger partial charge < -0.3 is 20.1 Å². The van der Waals surface area contributed by atoms with Crippen LogP contribution >= 0.6 is 0 Å². The molecule has 6 heteroatoms. The predicted octanol–water partition coefficient (Wildman–Crippen LogP) is 1.73. The lowest BCUT2D eigenvalue weighted by atomic mass is 9.97. The minimum Gasteiger partial charge on any atom is -0.454 e. The molecule has 1 heterocycles. The molecule has 23 heavy (non-hydrogen) atoms. The summed E-state index contributed by atoms with van der Waals surface area (Å²) in [7, 11) is 0. The molecule has 0 spiro atoms. The Bertz CT molecular complexity index is 596. The number of rotatable bonds is 5. The first-order valence-electron chi connectivity index (χ1n) is 8.07. The molecule has 1 unspecified atom stereocenters. The molecular formula is C17H22N2O4. The summed E-state index contributed by atoms with van der Waals surface area (Å²) in [5.41, 5.74) is 0.940. The molecule has 1 aromatic carbocycles. The van der Waals surface area contributed by atoms with E-state index in [1.165, 1.54) is 6.92 Å². The van der Waals surface area contributed by atoms with E-state index in [-0.39, 0.29) is 24.5 Å². The Morgan fingerprint density at radius 2 is 1.96 bits per heavy atom. The lowest BCUT2D eigenvalue weighted by molar-refractivity contribution is -0.129. The fraction of sp³-hybridized carbons (Fsp3) is 0.529. The minimum absolute atomic E-state index is 0.121. The van der Waals surface area contributed by atoms with Crippen LogP contribution in [-0.4, -0.2) is 24.6 Å². The quantitative estimate of drug-likeness (QED) is 0.867. The van der Waals surface area contributed by atoms with Gasteiger partial charge in [0.15, 0.2) is 11.5 Å². The van der Waals surface area contributed by atoms with Crippen LogP contribution in [0.1, 0.15) is 38.2 Å². The zero-order valence-electron chi connectivity index (χ0n) is 13.3. The summed E-state index contributed by atoms with van der Waals surface area (Å²) in [6.07, 6.45) is 4.22.